The predicted molar refractivity (Wildman–Crippen MR) is 90.0 cm³/mol. The summed E-state index contributed by atoms with van der Waals surface area (Å²) >= 11 is 0. The van der Waals surface area contributed by atoms with Gasteiger partial charge in [-0.3, -0.25) is 4.68 Å². The molecule has 0 saturated carbocycles. The second-order valence-electron chi connectivity index (χ2n) is 5.86. The minimum Gasteiger partial charge on any atom is -0.508 e. The van der Waals surface area contributed by atoms with Gasteiger partial charge in [0.05, 0.1) is 5.69 Å². The van der Waals surface area contributed by atoms with Gasteiger partial charge in [-0.1, -0.05) is 32.0 Å². The van der Waals surface area contributed by atoms with E-state index in [1.54, 1.807) is 6.07 Å². The summed E-state index contributed by atoms with van der Waals surface area (Å²) in [6.07, 6.45) is 1.91. The molecule has 1 aromatic heterocycles. The van der Waals surface area contributed by atoms with Gasteiger partial charge < -0.3 is 10.4 Å². The Bertz CT molecular complexity index is 633. The van der Waals surface area contributed by atoms with E-state index >= 15 is 0 Å². The van der Waals surface area contributed by atoms with Crippen molar-refractivity contribution in [3.8, 4) is 5.75 Å². The van der Waals surface area contributed by atoms with E-state index in [9.17, 15) is 5.11 Å². The van der Waals surface area contributed by atoms with Gasteiger partial charge in [-0.2, -0.15) is 5.10 Å². The molecule has 0 bridgehead atoms. The highest BCUT2D eigenvalue weighted by molar-refractivity contribution is 5.35. The molecule has 0 fully saturated rings. The van der Waals surface area contributed by atoms with E-state index < -0.39 is 0 Å². The molecule has 0 aliphatic rings. The molecular formula is C18H27N3O. The van der Waals surface area contributed by atoms with E-state index in [0.29, 0.717) is 5.75 Å². The number of para-hydroxylation sites is 1. The highest BCUT2D eigenvalue weighted by Crippen LogP contribution is 2.31. The van der Waals surface area contributed by atoms with Gasteiger partial charge >= 0.3 is 0 Å². The van der Waals surface area contributed by atoms with Crippen LogP contribution < -0.4 is 5.32 Å². The first kappa shape index (κ1) is 16.6. The van der Waals surface area contributed by atoms with Crippen LogP contribution in [-0.4, -0.2) is 14.9 Å². The van der Waals surface area contributed by atoms with Gasteiger partial charge in [0.15, 0.2) is 0 Å². The van der Waals surface area contributed by atoms with Crippen molar-refractivity contribution in [2.75, 3.05) is 0 Å². The molecule has 1 heterocycles. The molecule has 4 heteroatoms. The topological polar surface area (TPSA) is 50.1 Å². The standard InChI is InChI=1S/C18H27N3O/c1-6-15(14-10-8-9-11-17(14)22)19-16(7-2)18-12(3)20-21(5)13(18)4/h8-11,15-16,19,22H,6-7H2,1-5H3. The van der Waals surface area contributed by atoms with Crippen LogP contribution in [-0.2, 0) is 7.05 Å². The number of aryl methyl sites for hydroxylation is 2. The number of aromatic nitrogens is 2. The van der Waals surface area contributed by atoms with E-state index in [-0.39, 0.29) is 12.1 Å². The molecule has 2 unspecified atom stereocenters. The van der Waals surface area contributed by atoms with Crippen LogP contribution in [0.25, 0.3) is 0 Å². The maximum atomic E-state index is 10.1. The molecule has 1 aromatic carbocycles. The number of phenols is 1. The summed E-state index contributed by atoms with van der Waals surface area (Å²) in [5.74, 6) is 0.358. The van der Waals surface area contributed by atoms with Crippen LogP contribution in [0, 0.1) is 13.8 Å². The molecule has 2 rings (SSSR count). The molecule has 0 radical (unpaired) electrons. The van der Waals surface area contributed by atoms with E-state index in [1.165, 1.54) is 11.3 Å². The third-order valence-electron chi connectivity index (χ3n) is 4.44. The number of nitrogens with one attached hydrogen (secondary N) is 1. The minimum atomic E-state index is 0.130. The first-order chi connectivity index (χ1) is 10.5. The molecule has 2 aromatic rings. The molecule has 2 atom stereocenters. The largest absolute Gasteiger partial charge is 0.508 e. The number of hydrogen-bond acceptors (Lipinski definition) is 3. The van der Waals surface area contributed by atoms with Crippen LogP contribution >= 0.6 is 0 Å². The summed E-state index contributed by atoms with van der Waals surface area (Å²) in [4.78, 5) is 0. The van der Waals surface area contributed by atoms with E-state index in [2.05, 4.69) is 38.1 Å². The van der Waals surface area contributed by atoms with Crippen molar-refractivity contribution in [2.45, 2.75) is 52.6 Å². The van der Waals surface area contributed by atoms with Crippen LogP contribution in [0.4, 0.5) is 0 Å². The summed E-state index contributed by atoms with van der Waals surface area (Å²) in [5, 5.41) is 18.4. The second kappa shape index (κ2) is 6.97. The maximum Gasteiger partial charge on any atom is 0.120 e. The summed E-state index contributed by atoms with van der Waals surface area (Å²) in [7, 11) is 1.99. The highest BCUT2D eigenvalue weighted by atomic mass is 16.3. The van der Waals surface area contributed by atoms with Crippen molar-refractivity contribution in [1.29, 1.82) is 0 Å². The first-order valence-corrected chi connectivity index (χ1v) is 8.03. The summed E-state index contributed by atoms with van der Waals surface area (Å²) in [5.41, 5.74) is 4.51. The Morgan fingerprint density at radius 2 is 1.77 bits per heavy atom. The lowest BCUT2D eigenvalue weighted by Crippen LogP contribution is -2.26. The van der Waals surface area contributed by atoms with Crippen LogP contribution in [0.2, 0.25) is 0 Å². The number of rotatable bonds is 6. The van der Waals surface area contributed by atoms with Crippen LogP contribution in [0.15, 0.2) is 24.3 Å². The quantitative estimate of drug-likeness (QED) is 0.850. The summed E-state index contributed by atoms with van der Waals surface area (Å²) in [6, 6.07) is 7.94. The second-order valence-corrected chi connectivity index (χ2v) is 5.86. The lowest BCUT2D eigenvalue weighted by atomic mass is 9.97. The van der Waals surface area contributed by atoms with Gasteiger partial charge in [-0.15, -0.1) is 0 Å². The Labute approximate surface area is 133 Å². The molecule has 2 N–H and O–H groups in total. The van der Waals surface area contributed by atoms with Crippen molar-refractivity contribution in [2.24, 2.45) is 7.05 Å². The van der Waals surface area contributed by atoms with Crippen molar-refractivity contribution >= 4 is 0 Å². The Kier molecular flexibility index (Phi) is 5.24. The number of nitrogens with zero attached hydrogens (tertiary/aromatic N) is 2. The fraction of sp³-hybridized carbons (Fsp3) is 0.500. The molecule has 0 spiro atoms. The minimum absolute atomic E-state index is 0.130. The average molecular weight is 301 g/mol. The van der Waals surface area contributed by atoms with E-state index in [4.69, 9.17) is 0 Å². The smallest absolute Gasteiger partial charge is 0.120 e. The van der Waals surface area contributed by atoms with E-state index in [0.717, 1.165) is 24.1 Å². The van der Waals surface area contributed by atoms with Gasteiger partial charge in [-0.25, -0.2) is 0 Å². The molecular weight excluding hydrogens is 274 g/mol. The highest BCUT2D eigenvalue weighted by Gasteiger charge is 2.23. The summed E-state index contributed by atoms with van der Waals surface area (Å²) < 4.78 is 1.94. The lowest BCUT2D eigenvalue weighted by Gasteiger charge is -2.26. The van der Waals surface area contributed by atoms with Gasteiger partial charge in [0, 0.05) is 36.0 Å². The fourth-order valence-corrected chi connectivity index (χ4v) is 3.15. The zero-order chi connectivity index (χ0) is 16.3. The zero-order valence-corrected chi connectivity index (χ0v) is 14.2. The van der Waals surface area contributed by atoms with Gasteiger partial charge in [0.25, 0.3) is 0 Å². The molecule has 0 saturated heterocycles. The number of aromatic hydroxyl groups is 1. The third kappa shape index (κ3) is 3.17. The fourth-order valence-electron chi connectivity index (χ4n) is 3.15. The Balaban J connectivity index is 2.30. The van der Waals surface area contributed by atoms with Gasteiger partial charge in [0.1, 0.15) is 5.75 Å². The monoisotopic (exact) mass is 301 g/mol. The molecule has 0 amide bonds. The van der Waals surface area contributed by atoms with Crippen LogP contribution in [0.5, 0.6) is 5.75 Å². The molecule has 0 aliphatic heterocycles. The van der Waals surface area contributed by atoms with Gasteiger partial charge in [0.2, 0.25) is 0 Å². The SMILES string of the molecule is CCC(NC(CC)c1c(C)nn(C)c1C)c1ccccc1O. The number of phenolic OH excluding ortho intramolecular Hbond substituents is 1. The molecule has 22 heavy (non-hydrogen) atoms. The van der Waals surface area contributed by atoms with Crippen LogP contribution in [0.1, 0.15) is 61.3 Å². The molecule has 0 aliphatic carbocycles. The van der Waals surface area contributed by atoms with Crippen molar-refractivity contribution in [1.82, 2.24) is 15.1 Å². The molecule has 120 valence electrons. The maximum absolute atomic E-state index is 10.1. The lowest BCUT2D eigenvalue weighted by molar-refractivity contribution is 0.401. The molecule has 4 nitrogen and oxygen atoms in total. The Morgan fingerprint density at radius 1 is 1.14 bits per heavy atom. The average Bonchev–Trinajstić information content (AvgIpc) is 2.75. The van der Waals surface area contributed by atoms with Crippen molar-refractivity contribution in [3.05, 3.63) is 46.8 Å². The van der Waals surface area contributed by atoms with Crippen molar-refractivity contribution < 1.29 is 5.11 Å². The Hall–Kier alpha value is -1.81. The normalized spacial score (nSPS) is 14.0. The van der Waals surface area contributed by atoms with Crippen LogP contribution in [0.3, 0.4) is 0 Å². The number of benzene rings is 1. The predicted octanol–water partition coefficient (Wildman–Crippen LogP) is 3.93. The number of hydrogen-bond donors (Lipinski definition) is 2. The van der Waals surface area contributed by atoms with Gasteiger partial charge in [-0.05, 0) is 32.8 Å². The third-order valence-corrected chi connectivity index (χ3v) is 4.44. The zero-order valence-electron chi connectivity index (χ0n) is 14.2. The van der Waals surface area contributed by atoms with E-state index in [1.807, 2.05) is 29.9 Å². The summed E-state index contributed by atoms with van der Waals surface area (Å²) in [6.45, 7) is 8.50. The first-order valence-electron chi connectivity index (χ1n) is 8.03. The Morgan fingerprint density at radius 3 is 2.27 bits per heavy atom. The van der Waals surface area contributed by atoms with Crippen molar-refractivity contribution in [3.63, 3.8) is 0 Å².